The smallest absolute Gasteiger partial charge is 0.265 e. The lowest BCUT2D eigenvalue weighted by Gasteiger charge is -2.28. The van der Waals surface area contributed by atoms with E-state index in [2.05, 4.69) is 17.2 Å². The van der Waals surface area contributed by atoms with Crippen LogP contribution in [0.3, 0.4) is 0 Å². The van der Waals surface area contributed by atoms with Crippen molar-refractivity contribution in [2.75, 3.05) is 34.0 Å². The average molecular weight is 295 g/mol. The number of methoxy groups -OCH3 is 2. The fourth-order valence-electron chi connectivity index (χ4n) is 2.14. The Balaban J connectivity index is 2.79. The SMILES string of the molecule is COCCN(Cc1cccc(C(=O)NN)c1)C(C)COC. The second-order valence-electron chi connectivity index (χ2n) is 4.94. The van der Waals surface area contributed by atoms with E-state index in [0.29, 0.717) is 18.8 Å². The molecule has 1 aromatic carbocycles. The maximum atomic E-state index is 11.6. The van der Waals surface area contributed by atoms with Gasteiger partial charge < -0.3 is 9.47 Å². The van der Waals surface area contributed by atoms with Gasteiger partial charge in [-0.1, -0.05) is 12.1 Å². The van der Waals surface area contributed by atoms with Crippen LogP contribution in [0.15, 0.2) is 24.3 Å². The summed E-state index contributed by atoms with van der Waals surface area (Å²) in [6.45, 7) is 4.92. The lowest BCUT2D eigenvalue weighted by atomic mass is 10.1. The predicted octanol–water partition coefficient (Wildman–Crippen LogP) is 0.773. The van der Waals surface area contributed by atoms with E-state index in [1.165, 1.54) is 0 Å². The van der Waals surface area contributed by atoms with Gasteiger partial charge in [-0.25, -0.2) is 5.84 Å². The zero-order valence-corrected chi connectivity index (χ0v) is 13.0. The molecule has 118 valence electrons. The summed E-state index contributed by atoms with van der Waals surface area (Å²) < 4.78 is 10.4. The van der Waals surface area contributed by atoms with Crippen molar-refractivity contribution in [3.05, 3.63) is 35.4 Å². The van der Waals surface area contributed by atoms with Crippen LogP contribution in [0.4, 0.5) is 0 Å². The standard InChI is InChI=1S/C15H25N3O3/c1-12(11-21-3)18(7-8-20-2)10-13-5-4-6-14(9-13)15(19)17-16/h4-6,9,12H,7-8,10-11,16H2,1-3H3,(H,17,19). The average Bonchev–Trinajstić information content (AvgIpc) is 2.51. The van der Waals surface area contributed by atoms with Crippen LogP contribution in [-0.4, -0.2) is 50.8 Å². The lowest BCUT2D eigenvalue weighted by molar-refractivity contribution is 0.0705. The third kappa shape index (κ3) is 5.81. The van der Waals surface area contributed by atoms with E-state index in [-0.39, 0.29) is 11.9 Å². The van der Waals surface area contributed by atoms with Gasteiger partial charge in [0.05, 0.1) is 13.2 Å². The molecule has 0 spiro atoms. The number of nitrogen functional groups attached to an aromatic ring is 1. The predicted molar refractivity (Wildman–Crippen MR) is 81.7 cm³/mol. The Morgan fingerprint density at radius 2 is 2.14 bits per heavy atom. The molecule has 0 saturated carbocycles. The number of rotatable bonds is 9. The molecule has 0 aliphatic heterocycles. The maximum absolute atomic E-state index is 11.6. The zero-order valence-electron chi connectivity index (χ0n) is 13.0. The Kier molecular flexibility index (Phi) is 7.92. The number of nitrogens with one attached hydrogen (secondary N) is 1. The molecule has 0 heterocycles. The monoisotopic (exact) mass is 295 g/mol. The van der Waals surface area contributed by atoms with Crippen LogP contribution in [0, 0.1) is 0 Å². The first kappa shape index (κ1) is 17.6. The molecule has 6 nitrogen and oxygen atoms in total. The van der Waals surface area contributed by atoms with Crippen molar-refractivity contribution in [2.24, 2.45) is 5.84 Å². The van der Waals surface area contributed by atoms with Crippen molar-refractivity contribution >= 4 is 5.91 Å². The summed E-state index contributed by atoms with van der Waals surface area (Å²) in [5, 5.41) is 0. The van der Waals surface area contributed by atoms with Crippen molar-refractivity contribution in [1.82, 2.24) is 10.3 Å². The summed E-state index contributed by atoms with van der Waals surface area (Å²) in [6, 6.07) is 7.70. The lowest BCUT2D eigenvalue weighted by Crippen LogP contribution is -2.38. The van der Waals surface area contributed by atoms with Crippen LogP contribution in [-0.2, 0) is 16.0 Å². The van der Waals surface area contributed by atoms with Crippen LogP contribution >= 0.6 is 0 Å². The number of nitrogens with two attached hydrogens (primary N) is 1. The van der Waals surface area contributed by atoms with E-state index < -0.39 is 0 Å². The third-order valence-electron chi connectivity index (χ3n) is 3.32. The van der Waals surface area contributed by atoms with Crippen LogP contribution in [0.25, 0.3) is 0 Å². The Morgan fingerprint density at radius 1 is 1.38 bits per heavy atom. The largest absolute Gasteiger partial charge is 0.383 e. The van der Waals surface area contributed by atoms with Gasteiger partial charge in [-0.15, -0.1) is 0 Å². The van der Waals surface area contributed by atoms with Crippen molar-refractivity contribution in [1.29, 1.82) is 0 Å². The highest BCUT2D eigenvalue weighted by atomic mass is 16.5. The molecular formula is C15H25N3O3. The minimum atomic E-state index is -0.287. The number of nitrogens with zero attached hydrogens (tertiary/aromatic N) is 1. The van der Waals surface area contributed by atoms with Crippen LogP contribution in [0.5, 0.6) is 0 Å². The number of carbonyl (C=O) groups is 1. The quantitative estimate of drug-likeness (QED) is 0.400. The summed E-state index contributed by atoms with van der Waals surface area (Å²) in [7, 11) is 3.38. The van der Waals surface area contributed by atoms with Crippen LogP contribution in [0.1, 0.15) is 22.8 Å². The van der Waals surface area contributed by atoms with Gasteiger partial charge in [0.2, 0.25) is 0 Å². The summed E-state index contributed by atoms with van der Waals surface area (Å²) in [6.07, 6.45) is 0. The van der Waals surface area contributed by atoms with Gasteiger partial charge >= 0.3 is 0 Å². The van der Waals surface area contributed by atoms with Crippen molar-refractivity contribution in [3.63, 3.8) is 0 Å². The Morgan fingerprint density at radius 3 is 2.76 bits per heavy atom. The highest BCUT2D eigenvalue weighted by Crippen LogP contribution is 2.11. The number of carbonyl (C=O) groups excluding carboxylic acids is 1. The summed E-state index contributed by atoms with van der Waals surface area (Å²) in [4.78, 5) is 13.8. The van der Waals surface area contributed by atoms with Crippen molar-refractivity contribution in [2.45, 2.75) is 19.5 Å². The molecule has 0 fully saturated rings. The highest BCUT2D eigenvalue weighted by Gasteiger charge is 2.14. The molecule has 21 heavy (non-hydrogen) atoms. The third-order valence-corrected chi connectivity index (χ3v) is 3.32. The Bertz CT molecular complexity index is 440. The molecule has 0 aromatic heterocycles. The fourth-order valence-corrected chi connectivity index (χ4v) is 2.14. The van der Waals surface area contributed by atoms with E-state index >= 15 is 0 Å². The zero-order chi connectivity index (χ0) is 15.7. The minimum absolute atomic E-state index is 0.261. The molecule has 0 aliphatic rings. The van der Waals surface area contributed by atoms with Gasteiger partial charge in [-0.3, -0.25) is 15.1 Å². The summed E-state index contributed by atoms with van der Waals surface area (Å²) >= 11 is 0. The molecule has 0 radical (unpaired) electrons. The molecule has 1 rings (SSSR count). The van der Waals surface area contributed by atoms with Gasteiger partial charge in [-0.2, -0.15) is 0 Å². The molecule has 1 unspecified atom stereocenters. The second-order valence-corrected chi connectivity index (χ2v) is 4.94. The first-order valence-electron chi connectivity index (χ1n) is 6.94. The number of hydrogen-bond acceptors (Lipinski definition) is 5. The Hall–Kier alpha value is -1.47. The first-order chi connectivity index (χ1) is 10.1. The van der Waals surface area contributed by atoms with E-state index in [1.807, 2.05) is 18.2 Å². The van der Waals surface area contributed by atoms with Gasteiger partial charge in [-0.05, 0) is 24.6 Å². The summed E-state index contributed by atoms with van der Waals surface area (Å²) in [5.41, 5.74) is 3.75. The number of amides is 1. The molecule has 3 N–H and O–H groups in total. The van der Waals surface area contributed by atoms with Gasteiger partial charge in [0.1, 0.15) is 0 Å². The minimum Gasteiger partial charge on any atom is -0.383 e. The van der Waals surface area contributed by atoms with Crippen molar-refractivity contribution < 1.29 is 14.3 Å². The normalized spacial score (nSPS) is 12.4. The maximum Gasteiger partial charge on any atom is 0.265 e. The van der Waals surface area contributed by atoms with E-state index in [1.54, 1.807) is 20.3 Å². The molecule has 1 atom stereocenters. The molecule has 1 amide bonds. The summed E-state index contributed by atoms with van der Waals surface area (Å²) in [5.74, 6) is 4.88. The highest BCUT2D eigenvalue weighted by molar-refractivity contribution is 5.93. The topological polar surface area (TPSA) is 76.8 Å². The van der Waals surface area contributed by atoms with Gasteiger partial charge in [0, 0.05) is 38.9 Å². The van der Waals surface area contributed by atoms with Gasteiger partial charge in [0.25, 0.3) is 5.91 Å². The molecule has 6 heteroatoms. The molecule has 1 aromatic rings. The molecule has 0 saturated heterocycles. The number of hydrogen-bond donors (Lipinski definition) is 2. The number of benzene rings is 1. The first-order valence-corrected chi connectivity index (χ1v) is 6.94. The molecule has 0 bridgehead atoms. The van der Waals surface area contributed by atoms with E-state index in [9.17, 15) is 4.79 Å². The Labute approximate surface area is 126 Å². The van der Waals surface area contributed by atoms with E-state index in [4.69, 9.17) is 15.3 Å². The fraction of sp³-hybridized carbons (Fsp3) is 0.533. The second kappa shape index (κ2) is 9.46. The van der Waals surface area contributed by atoms with Gasteiger partial charge in [0.15, 0.2) is 0 Å². The number of ether oxygens (including phenoxy) is 2. The molecular weight excluding hydrogens is 270 g/mol. The van der Waals surface area contributed by atoms with Crippen LogP contribution < -0.4 is 11.3 Å². The van der Waals surface area contributed by atoms with Crippen LogP contribution in [0.2, 0.25) is 0 Å². The van der Waals surface area contributed by atoms with E-state index in [0.717, 1.165) is 18.7 Å². The number of hydrazine groups is 1. The van der Waals surface area contributed by atoms with Crippen molar-refractivity contribution in [3.8, 4) is 0 Å². The molecule has 0 aliphatic carbocycles.